The zero-order valence-corrected chi connectivity index (χ0v) is 11.0. The maximum atomic E-state index is 11.9. The number of benzene rings is 1. The zero-order valence-electron chi connectivity index (χ0n) is 11.0. The number of carbonyl (C=O) groups is 1. The second-order valence-corrected chi connectivity index (χ2v) is 4.75. The van der Waals surface area contributed by atoms with E-state index in [0.717, 1.165) is 6.42 Å². The van der Waals surface area contributed by atoms with Crippen molar-refractivity contribution >= 4 is 5.91 Å². The van der Waals surface area contributed by atoms with E-state index >= 15 is 0 Å². The molecule has 0 saturated carbocycles. The number of hydrogen-bond donors (Lipinski definition) is 1. The van der Waals surface area contributed by atoms with Crippen molar-refractivity contribution in [3.05, 3.63) is 66.0 Å². The monoisotopic (exact) mass is 254 g/mol. The van der Waals surface area contributed by atoms with Gasteiger partial charge in [-0.3, -0.25) is 9.78 Å². The predicted octanol–water partition coefficient (Wildman–Crippen LogP) is 2.69. The summed E-state index contributed by atoms with van der Waals surface area (Å²) in [5.41, 5.74) is 1.90. The van der Waals surface area contributed by atoms with Crippen LogP contribution in [0.25, 0.3) is 0 Å². The van der Waals surface area contributed by atoms with Gasteiger partial charge in [0.05, 0.1) is 5.56 Å². The number of hydrogen-bond acceptors (Lipinski definition) is 2. The van der Waals surface area contributed by atoms with E-state index in [1.54, 1.807) is 24.5 Å². The van der Waals surface area contributed by atoms with Gasteiger partial charge in [0.1, 0.15) is 0 Å². The lowest BCUT2D eigenvalue weighted by molar-refractivity contribution is 0.0947. The maximum absolute atomic E-state index is 11.9. The number of carbonyl (C=O) groups excluding carboxylic acids is 1. The molecule has 1 atom stereocenters. The average molecular weight is 254 g/mol. The van der Waals surface area contributed by atoms with Crippen LogP contribution in [0.1, 0.15) is 22.8 Å². The molecule has 0 saturated heterocycles. The summed E-state index contributed by atoms with van der Waals surface area (Å²) >= 11 is 0. The molecule has 3 heteroatoms. The van der Waals surface area contributed by atoms with Crippen molar-refractivity contribution in [3.63, 3.8) is 0 Å². The molecule has 0 fully saturated rings. The Bertz CT molecular complexity index is 511. The van der Waals surface area contributed by atoms with E-state index in [4.69, 9.17) is 0 Å². The summed E-state index contributed by atoms with van der Waals surface area (Å²) < 4.78 is 0. The number of rotatable bonds is 5. The summed E-state index contributed by atoms with van der Waals surface area (Å²) in [6.07, 6.45) is 4.21. The largest absolute Gasteiger partial charge is 0.352 e. The van der Waals surface area contributed by atoms with Crippen molar-refractivity contribution in [3.8, 4) is 0 Å². The van der Waals surface area contributed by atoms with E-state index in [1.807, 2.05) is 18.2 Å². The molecule has 0 bridgehead atoms. The zero-order chi connectivity index (χ0) is 13.5. The van der Waals surface area contributed by atoms with Crippen molar-refractivity contribution in [2.24, 2.45) is 5.92 Å². The van der Waals surface area contributed by atoms with E-state index < -0.39 is 0 Å². The Morgan fingerprint density at radius 1 is 1.21 bits per heavy atom. The van der Waals surface area contributed by atoms with Gasteiger partial charge in [-0.1, -0.05) is 37.3 Å². The Morgan fingerprint density at radius 3 is 2.68 bits per heavy atom. The van der Waals surface area contributed by atoms with Crippen LogP contribution in [0.4, 0.5) is 0 Å². The number of nitrogens with one attached hydrogen (secondary N) is 1. The first-order valence-electron chi connectivity index (χ1n) is 6.48. The third kappa shape index (κ3) is 4.21. The van der Waals surface area contributed by atoms with E-state index in [0.29, 0.717) is 18.0 Å². The Hall–Kier alpha value is -2.16. The first kappa shape index (κ1) is 13.3. The van der Waals surface area contributed by atoms with Gasteiger partial charge in [0.15, 0.2) is 0 Å². The minimum Gasteiger partial charge on any atom is -0.352 e. The Labute approximate surface area is 113 Å². The van der Waals surface area contributed by atoms with Crippen LogP contribution < -0.4 is 5.32 Å². The van der Waals surface area contributed by atoms with Crippen molar-refractivity contribution in [2.75, 3.05) is 6.54 Å². The van der Waals surface area contributed by atoms with E-state index in [2.05, 4.69) is 29.4 Å². The maximum Gasteiger partial charge on any atom is 0.252 e. The van der Waals surface area contributed by atoms with Crippen LogP contribution in [0.15, 0.2) is 54.9 Å². The van der Waals surface area contributed by atoms with E-state index in [9.17, 15) is 4.79 Å². The molecule has 2 aromatic rings. The van der Waals surface area contributed by atoms with Gasteiger partial charge in [0.25, 0.3) is 5.91 Å². The van der Waals surface area contributed by atoms with Crippen LogP contribution in [0.2, 0.25) is 0 Å². The molecule has 1 heterocycles. The number of nitrogens with zero attached hydrogens (tertiary/aromatic N) is 1. The smallest absolute Gasteiger partial charge is 0.252 e. The average Bonchev–Trinajstić information content (AvgIpc) is 2.47. The molecule has 0 aliphatic heterocycles. The second-order valence-electron chi connectivity index (χ2n) is 4.75. The van der Waals surface area contributed by atoms with Gasteiger partial charge < -0.3 is 5.32 Å². The lowest BCUT2D eigenvalue weighted by atomic mass is 10.0. The molecular formula is C16H18N2O. The van der Waals surface area contributed by atoms with Crippen molar-refractivity contribution < 1.29 is 4.79 Å². The van der Waals surface area contributed by atoms with Gasteiger partial charge in [-0.15, -0.1) is 0 Å². The lowest BCUT2D eigenvalue weighted by Gasteiger charge is -2.12. The molecule has 0 aliphatic carbocycles. The molecule has 1 aromatic carbocycles. The highest BCUT2D eigenvalue weighted by molar-refractivity contribution is 5.93. The summed E-state index contributed by atoms with van der Waals surface area (Å²) in [5.74, 6) is 0.344. The fourth-order valence-electron chi connectivity index (χ4n) is 1.95. The molecule has 2 rings (SSSR count). The van der Waals surface area contributed by atoms with Crippen LogP contribution in [-0.4, -0.2) is 17.4 Å². The molecular weight excluding hydrogens is 236 g/mol. The summed E-state index contributed by atoms with van der Waals surface area (Å²) in [5, 5.41) is 2.94. The van der Waals surface area contributed by atoms with E-state index in [-0.39, 0.29) is 5.91 Å². The highest BCUT2D eigenvalue weighted by Gasteiger charge is 2.08. The minimum absolute atomic E-state index is 0.0620. The van der Waals surface area contributed by atoms with Crippen molar-refractivity contribution in [1.82, 2.24) is 10.3 Å². The molecule has 1 N–H and O–H groups in total. The first-order valence-corrected chi connectivity index (χ1v) is 6.48. The van der Waals surface area contributed by atoms with Gasteiger partial charge in [-0.2, -0.15) is 0 Å². The molecule has 0 aliphatic rings. The fourth-order valence-corrected chi connectivity index (χ4v) is 1.95. The van der Waals surface area contributed by atoms with Gasteiger partial charge in [0, 0.05) is 18.9 Å². The number of pyridine rings is 1. The normalized spacial score (nSPS) is 11.8. The van der Waals surface area contributed by atoms with Crippen LogP contribution >= 0.6 is 0 Å². The molecule has 3 nitrogen and oxygen atoms in total. The molecule has 98 valence electrons. The fraction of sp³-hybridized carbons (Fsp3) is 0.250. The van der Waals surface area contributed by atoms with Gasteiger partial charge in [0.2, 0.25) is 0 Å². The highest BCUT2D eigenvalue weighted by atomic mass is 16.1. The van der Waals surface area contributed by atoms with Crippen LogP contribution in [-0.2, 0) is 6.42 Å². The molecule has 0 radical (unpaired) electrons. The molecule has 19 heavy (non-hydrogen) atoms. The Kier molecular flexibility index (Phi) is 4.67. The minimum atomic E-state index is -0.0620. The highest BCUT2D eigenvalue weighted by Crippen LogP contribution is 2.07. The summed E-state index contributed by atoms with van der Waals surface area (Å²) in [7, 11) is 0. The molecule has 1 aromatic heterocycles. The number of amides is 1. The standard InChI is InChI=1S/C16H18N2O/c1-13(10-14-6-3-2-4-7-14)11-18-16(19)15-8-5-9-17-12-15/h2-9,12-13H,10-11H2,1H3,(H,18,19). The Morgan fingerprint density at radius 2 is 2.00 bits per heavy atom. The molecule has 0 spiro atoms. The van der Waals surface area contributed by atoms with Crippen LogP contribution in [0, 0.1) is 5.92 Å². The summed E-state index contributed by atoms with van der Waals surface area (Å²) in [6, 6.07) is 13.8. The van der Waals surface area contributed by atoms with Crippen molar-refractivity contribution in [2.45, 2.75) is 13.3 Å². The first-order chi connectivity index (χ1) is 9.25. The third-order valence-corrected chi connectivity index (χ3v) is 2.96. The van der Waals surface area contributed by atoms with Crippen molar-refractivity contribution in [1.29, 1.82) is 0 Å². The second kappa shape index (κ2) is 6.69. The molecule has 1 amide bonds. The lowest BCUT2D eigenvalue weighted by Crippen LogP contribution is -2.29. The van der Waals surface area contributed by atoms with Crippen LogP contribution in [0.5, 0.6) is 0 Å². The Balaban J connectivity index is 1.81. The van der Waals surface area contributed by atoms with Crippen LogP contribution in [0.3, 0.4) is 0 Å². The summed E-state index contributed by atoms with van der Waals surface area (Å²) in [6.45, 7) is 2.80. The van der Waals surface area contributed by atoms with Gasteiger partial charge in [-0.05, 0) is 30.0 Å². The van der Waals surface area contributed by atoms with Gasteiger partial charge in [-0.25, -0.2) is 0 Å². The SMILES string of the molecule is CC(CNC(=O)c1cccnc1)Cc1ccccc1. The van der Waals surface area contributed by atoms with Gasteiger partial charge >= 0.3 is 0 Å². The number of aromatic nitrogens is 1. The molecule has 1 unspecified atom stereocenters. The van der Waals surface area contributed by atoms with E-state index in [1.165, 1.54) is 5.56 Å². The predicted molar refractivity (Wildman–Crippen MR) is 75.9 cm³/mol. The third-order valence-electron chi connectivity index (χ3n) is 2.96. The summed E-state index contributed by atoms with van der Waals surface area (Å²) in [4.78, 5) is 15.8. The quantitative estimate of drug-likeness (QED) is 0.891. The topological polar surface area (TPSA) is 42.0 Å².